The van der Waals surface area contributed by atoms with Gasteiger partial charge in [0.2, 0.25) is 5.95 Å². The minimum Gasteiger partial charge on any atom is -0.387 e. The first-order valence-electron chi connectivity index (χ1n) is 6.86. The maximum Gasteiger partial charge on any atom is 0.325 e. The molecule has 12 nitrogen and oxygen atoms in total. The number of anilines is 1. The zero-order valence-corrected chi connectivity index (χ0v) is 13.3. The molecule has 2 unspecified atom stereocenters. The maximum atomic E-state index is 11.8. The normalized spacial score (nSPS) is 29.8. The number of nitrogens with zero attached hydrogens (tertiary/aromatic N) is 3. The van der Waals surface area contributed by atoms with Crippen LogP contribution in [-0.2, 0) is 13.8 Å². The summed E-state index contributed by atoms with van der Waals surface area (Å²) in [6.07, 6.45) is -3.73. The highest BCUT2D eigenvalue weighted by Gasteiger charge is 2.45. The molecule has 0 saturated carbocycles. The van der Waals surface area contributed by atoms with Crippen LogP contribution in [-0.4, -0.2) is 66.2 Å². The van der Waals surface area contributed by atoms with Gasteiger partial charge in [0.25, 0.3) is 5.56 Å². The first kappa shape index (κ1) is 17.0. The van der Waals surface area contributed by atoms with E-state index < -0.39 is 44.3 Å². The van der Waals surface area contributed by atoms with Crippen LogP contribution >= 0.6 is 7.60 Å². The van der Waals surface area contributed by atoms with E-state index in [1.807, 2.05) is 0 Å². The van der Waals surface area contributed by atoms with Gasteiger partial charge in [-0.2, -0.15) is 4.98 Å². The van der Waals surface area contributed by atoms with E-state index in [0.717, 1.165) is 6.66 Å². The minimum absolute atomic E-state index is 0.0115. The standard InChI is InChI=1S/C11H16N5O7P/c1-24(20,21)22-2-4-6(17)7(18)10(23-4)16-3-13-5-8(16)14-11(12)15-9(5)19/h3-4,6-7,10,17-18H,2H2,1H3,(H,20,21)(H3,12,14,15,19)/t4-,6+,7?,10-/m1/s1. The number of rotatable bonds is 4. The molecule has 0 bridgehead atoms. The molecule has 0 amide bonds. The fraction of sp³-hybridized carbons (Fsp3) is 0.545. The van der Waals surface area contributed by atoms with Gasteiger partial charge >= 0.3 is 7.60 Å². The summed E-state index contributed by atoms with van der Waals surface area (Å²) in [6, 6.07) is 0. The van der Waals surface area contributed by atoms with Crippen molar-refractivity contribution in [2.45, 2.75) is 24.5 Å². The van der Waals surface area contributed by atoms with Crippen LogP contribution in [0.15, 0.2) is 11.1 Å². The summed E-state index contributed by atoms with van der Waals surface area (Å²) >= 11 is 0. The molecule has 1 saturated heterocycles. The van der Waals surface area contributed by atoms with Crippen molar-refractivity contribution in [2.75, 3.05) is 19.0 Å². The number of hydrogen-bond acceptors (Lipinski definition) is 9. The molecule has 1 aliphatic heterocycles. The topological polar surface area (TPSA) is 186 Å². The lowest BCUT2D eigenvalue weighted by Gasteiger charge is -2.16. The van der Waals surface area contributed by atoms with Gasteiger partial charge in [-0.1, -0.05) is 0 Å². The molecule has 1 fully saturated rings. The quantitative estimate of drug-likeness (QED) is 0.387. The Morgan fingerprint density at radius 2 is 2.21 bits per heavy atom. The van der Waals surface area contributed by atoms with Crippen LogP contribution in [0.5, 0.6) is 0 Å². The molecule has 3 heterocycles. The number of nitrogens with one attached hydrogen (secondary N) is 1. The van der Waals surface area contributed by atoms with E-state index in [1.54, 1.807) is 0 Å². The lowest BCUT2D eigenvalue weighted by atomic mass is 10.1. The largest absolute Gasteiger partial charge is 0.387 e. The Morgan fingerprint density at radius 3 is 2.88 bits per heavy atom. The Kier molecular flexibility index (Phi) is 4.20. The van der Waals surface area contributed by atoms with E-state index >= 15 is 0 Å². The van der Waals surface area contributed by atoms with Crippen molar-refractivity contribution < 1.29 is 28.9 Å². The Balaban J connectivity index is 1.90. The number of hydrogen-bond donors (Lipinski definition) is 5. The Morgan fingerprint density at radius 1 is 1.50 bits per heavy atom. The summed E-state index contributed by atoms with van der Waals surface area (Å²) < 4.78 is 22.6. The van der Waals surface area contributed by atoms with Crippen molar-refractivity contribution in [3.8, 4) is 0 Å². The highest BCUT2D eigenvalue weighted by Crippen LogP contribution is 2.39. The number of ether oxygens (including phenoxy) is 1. The summed E-state index contributed by atoms with van der Waals surface area (Å²) in [5.41, 5.74) is 4.99. The van der Waals surface area contributed by atoms with Crippen LogP contribution in [0, 0.1) is 0 Å². The number of nitrogens with two attached hydrogens (primary N) is 1. The summed E-state index contributed by atoms with van der Waals surface area (Å²) in [6.45, 7) is 0.590. The van der Waals surface area contributed by atoms with Gasteiger partial charge in [0.15, 0.2) is 17.4 Å². The zero-order valence-electron chi connectivity index (χ0n) is 12.4. The van der Waals surface area contributed by atoms with Gasteiger partial charge in [-0.3, -0.25) is 18.9 Å². The number of H-pyrrole nitrogens is 1. The molecule has 6 N–H and O–H groups in total. The molecule has 13 heteroatoms. The average Bonchev–Trinajstić information content (AvgIpc) is 3.00. The second kappa shape index (κ2) is 5.92. The first-order chi connectivity index (χ1) is 11.2. The molecule has 2 aromatic rings. The lowest BCUT2D eigenvalue weighted by molar-refractivity contribution is -0.0483. The van der Waals surface area contributed by atoms with Gasteiger partial charge in [-0.25, -0.2) is 4.98 Å². The third kappa shape index (κ3) is 3.07. The van der Waals surface area contributed by atoms with Crippen molar-refractivity contribution >= 4 is 24.7 Å². The number of aromatic nitrogens is 4. The van der Waals surface area contributed by atoms with Crippen molar-refractivity contribution in [1.29, 1.82) is 0 Å². The highest BCUT2D eigenvalue weighted by atomic mass is 31.2. The summed E-state index contributed by atoms with van der Waals surface area (Å²) in [7, 11) is -3.76. The van der Waals surface area contributed by atoms with Crippen LogP contribution in [0.25, 0.3) is 11.2 Å². The molecule has 5 atom stereocenters. The van der Waals surface area contributed by atoms with Crippen LogP contribution < -0.4 is 11.3 Å². The monoisotopic (exact) mass is 361 g/mol. The minimum atomic E-state index is -3.76. The van der Waals surface area contributed by atoms with Crippen molar-refractivity contribution in [3.63, 3.8) is 0 Å². The third-order valence-corrected chi connectivity index (χ3v) is 4.17. The number of aliphatic hydroxyl groups is 2. The van der Waals surface area contributed by atoms with E-state index in [4.69, 9.17) is 19.9 Å². The van der Waals surface area contributed by atoms with E-state index in [0.29, 0.717) is 0 Å². The third-order valence-electron chi connectivity index (χ3n) is 3.54. The molecule has 2 aromatic heterocycles. The first-order valence-corrected chi connectivity index (χ1v) is 8.88. The molecule has 132 valence electrons. The van der Waals surface area contributed by atoms with E-state index in [-0.39, 0.29) is 17.1 Å². The fourth-order valence-electron chi connectivity index (χ4n) is 2.44. The molecule has 0 spiro atoms. The van der Waals surface area contributed by atoms with Crippen LogP contribution in [0.1, 0.15) is 6.23 Å². The van der Waals surface area contributed by atoms with Crippen LogP contribution in [0.4, 0.5) is 5.95 Å². The molecular weight excluding hydrogens is 345 g/mol. The number of aliphatic hydroxyl groups excluding tert-OH is 2. The molecule has 24 heavy (non-hydrogen) atoms. The van der Waals surface area contributed by atoms with Gasteiger partial charge in [0.05, 0.1) is 12.9 Å². The molecule has 3 rings (SSSR count). The summed E-state index contributed by atoms with van der Waals surface area (Å²) in [5, 5.41) is 20.2. The predicted molar refractivity (Wildman–Crippen MR) is 80.2 cm³/mol. The van der Waals surface area contributed by atoms with Crippen molar-refractivity contribution in [1.82, 2.24) is 19.5 Å². The van der Waals surface area contributed by atoms with E-state index in [1.165, 1.54) is 10.9 Å². The molecule has 0 aliphatic carbocycles. The van der Waals surface area contributed by atoms with Gasteiger partial charge in [-0.15, -0.1) is 0 Å². The SMILES string of the molecule is CP(=O)(O)OC[C@H]1O[C@@H](n2cnc3c(=O)[nH]c(N)nc32)C(O)[C@H]1O. The van der Waals surface area contributed by atoms with E-state index in [2.05, 4.69) is 15.0 Å². The smallest absolute Gasteiger partial charge is 0.325 e. The van der Waals surface area contributed by atoms with Gasteiger partial charge in [0.1, 0.15) is 18.3 Å². The van der Waals surface area contributed by atoms with Crippen molar-refractivity contribution in [2.24, 2.45) is 0 Å². The Hall–Kier alpha value is -1.82. The maximum absolute atomic E-state index is 11.8. The fourth-order valence-corrected chi connectivity index (χ4v) is 2.86. The predicted octanol–water partition coefficient (Wildman–Crippen LogP) is -1.85. The van der Waals surface area contributed by atoms with Crippen molar-refractivity contribution in [3.05, 3.63) is 16.7 Å². The molecule has 1 aliphatic rings. The number of fused-ring (bicyclic) bond motifs is 1. The summed E-state index contributed by atoms with van der Waals surface area (Å²) in [4.78, 5) is 31.0. The van der Waals surface area contributed by atoms with Gasteiger partial charge in [-0.05, 0) is 0 Å². The highest BCUT2D eigenvalue weighted by molar-refractivity contribution is 7.51. The average molecular weight is 361 g/mol. The number of aromatic amines is 1. The lowest BCUT2D eigenvalue weighted by Crippen LogP contribution is -2.33. The molecule has 0 aromatic carbocycles. The molecule has 0 radical (unpaired) electrons. The number of imidazole rings is 1. The van der Waals surface area contributed by atoms with Gasteiger partial charge in [0, 0.05) is 6.66 Å². The van der Waals surface area contributed by atoms with Crippen LogP contribution in [0.3, 0.4) is 0 Å². The Labute approximate surface area is 134 Å². The van der Waals surface area contributed by atoms with Gasteiger partial charge < -0.3 is 30.1 Å². The number of nitrogen functional groups attached to an aromatic ring is 1. The molecular formula is C11H16N5O7P. The second-order valence-electron chi connectivity index (χ2n) is 5.42. The van der Waals surface area contributed by atoms with E-state index in [9.17, 15) is 19.6 Å². The summed E-state index contributed by atoms with van der Waals surface area (Å²) in [5.74, 6) is -0.144. The van der Waals surface area contributed by atoms with Crippen LogP contribution in [0.2, 0.25) is 0 Å². The second-order valence-corrected chi connectivity index (χ2v) is 7.28. The zero-order chi connectivity index (χ0) is 17.6. The Bertz CT molecular complexity index is 860.